The van der Waals surface area contributed by atoms with E-state index in [1.807, 2.05) is 37.3 Å². The summed E-state index contributed by atoms with van der Waals surface area (Å²) in [5.41, 5.74) is 0.901. The van der Waals surface area contributed by atoms with Crippen molar-refractivity contribution in [3.05, 3.63) is 35.9 Å². The molecule has 0 radical (unpaired) electrons. The van der Waals surface area contributed by atoms with Crippen molar-refractivity contribution in [2.24, 2.45) is 0 Å². The quantitative estimate of drug-likeness (QED) is 0.476. The van der Waals surface area contributed by atoms with Gasteiger partial charge >= 0.3 is 11.9 Å². The Bertz CT molecular complexity index is 407. The van der Waals surface area contributed by atoms with Gasteiger partial charge in [-0.2, -0.15) is 0 Å². The van der Waals surface area contributed by atoms with Crippen LogP contribution in [0.1, 0.15) is 25.0 Å². The Hall–Kier alpha value is -1.96. The maximum absolute atomic E-state index is 9.82. The van der Waals surface area contributed by atoms with Crippen molar-refractivity contribution in [1.29, 1.82) is 0 Å². The van der Waals surface area contributed by atoms with E-state index in [2.05, 4.69) is 5.32 Å². The zero-order valence-electron chi connectivity index (χ0n) is 11.8. The normalized spacial score (nSPS) is 12.7. The first-order valence-corrected chi connectivity index (χ1v) is 6.45. The number of carboxylic acids is 2. The highest BCUT2D eigenvalue weighted by Gasteiger charge is 2.09. The lowest BCUT2D eigenvalue weighted by Crippen LogP contribution is -2.34. The zero-order chi connectivity index (χ0) is 16.3. The molecule has 0 amide bonds. The van der Waals surface area contributed by atoms with Crippen LogP contribution >= 0.6 is 0 Å². The van der Waals surface area contributed by atoms with E-state index in [1.54, 1.807) is 0 Å². The van der Waals surface area contributed by atoms with Crippen LogP contribution in [0.4, 0.5) is 0 Å². The summed E-state index contributed by atoms with van der Waals surface area (Å²) >= 11 is 0. The Morgan fingerprint density at radius 2 is 1.67 bits per heavy atom. The largest absolute Gasteiger partial charge is 0.473 e. The standard InChI is InChI=1S/C12H19NO2.C2H2O4/c1-2-11(9-14)13-8-12(15)10-6-4-3-5-7-10;3-1(4)2(5)6/h3-7,11-15H,2,8-9H2,1H3;(H,3,4)(H,5,6). The van der Waals surface area contributed by atoms with E-state index < -0.39 is 18.0 Å². The van der Waals surface area contributed by atoms with Gasteiger partial charge in [0, 0.05) is 12.6 Å². The first-order valence-electron chi connectivity index (χ1n) is 6.45. The van der Waals surface area contributed by atoms with E-state index in [0.717, 1.165) is 12.0 Å². The second kappa shape index (κ2) is 10.8. The molecule has 0 spiro atoms. The van der Waals surface area contributed by atoms with Crippen molar-refractivity contribution in [3.8, 4) is 0 Å². The SMILES string of the molecule is CCC(CO)NCC(O)c1ccccc1.O=C(O)C(=O)O. The van der Waals surface area contributed by atoms with Crippen molar-refractivity contribution in [1.82, 2.24) is 5.32 Å². The van der Waals surface area contributed by atoms with Crippen LogP contribution in [0.2, 0.25) is 0 Å². The van der Waals surface area contributed by atoms with Gasteiger partial charge in [0.1, 0.15) is 0 Å². The van der Waals surface area contributed by atoms with Crippen molar-refractivity contribution in [3.63, 3.8) is 0 Å². The molecule has 0 aliphatic carbocycles. The summed E-state index contributed by atoms with van der Waals surface area (Å²) in [7, 11) is 0. The molecule has 1 aromatic rings. The van der Waals surface area contributed by atoms with Gasteiger partial charge < -0.3 is 25.7 Å². The monoisotopic (exact) mass is 299 g/mol. The van der Waals surface area contributed by atoms with Crippen LogP contribution in [0, 0.1) is 0 Å². The van der Waals surface area contributed by atoms with Crippen molar-refractivity contribution < 1.29 is 30.0 Å². The number of carbonyl (C=O) groups is 2. The van der Waals surface area contributed by atoms with E-state index in [0.29, 0.717) is 6.54 Å². The molecule has 1 rings (SSSR count). The first-order chi connectivity index (χ1) is 9.92. The molecule has 7 heteroatoms. The fraction of sp³-hybridized carbons (Fsp3) is 0.429. The number of rotatable bonds is 6. The van der Waals surface area contributed by atoms with Gasteiger partial charge in [-0.3, -0.25) is 0 Å². The van der Waals surface area contributed by atoms with E-state index in [1.165, 1.54) is 0 Å². The minimum absolute atomic E-state index is 0.0726. The molecule has 0 heterocycles. The van der Waals surface area contributed by atoms with Crippen molar-refractivity contribution in [2.75, 3.05) is 13.2 Å². The first kappa shape index (κ1) is 19.0. The van der Waals surface area contributed by atoms with Crippen LogP contribution < -0.4 is 5.32 Å². The van der Waals surface area contributed by atoms with E-state index >= 15 is 0 Å². The maximum atomic E-state index is 9.82. The van der Waals surface area contributed by atoms with Gasteiger partial charge in [0.15, 0.2) is 0 Å². The average molecular weight is 299 g/mol. The van der Waals surface area contributed by atoms with Crippen LogP contribution in [-0.2, 0) is 9.59 Å². The summed E-state index contributed by atoms with van der Waals surface area (Å²) < 4.78 is 0. The van der Waals surface area contributed by atoms with E-state index in [4.69, 9.17) is 24.9 Å². The highest BCUT2D eigenvalue weighted by atomic mass is 16.4. The zero-order valence-corrected chi connectivity index (χ0v) is 11.8. The highest BCUT2D eigenvalue weighted by molar-refractivity contribution is 6.27. The number of hydrogen-bond donors (Lipinski definition) is 5. The number of aliphatic hydroxyl groups excluding tert-OH is 2. The molecule has 0 aromatic heterocycles. The Kier molecular flexibility index (Phi) is 9.78. The third-order valence-electron chi connectivity index (χ3n) is 2.68. The number of benzene rings is 1. The van der Waals surface area contributed by atoms with E-state index in [-0.39, 0.29) is 12.6 Å². The smallest absolute Gasteiger partial charge is 0.414 e. The fourth-order valence-electron chi connectivity index (χ4n) is 1.41. The minimum Gasteiger partial charge on any atom is -0.473 e. The Labute approximate surface area is 122 Å². The Balaban J connectivity index is 0.000000567. The molecule has 0 fully saturated rings. The fourth-order valence-corrected chi connectivity index (χ4v) is 1.41. The van der Waals surface area contributed by atoms with Crippen molar-refractivity contribution >= 4 is 11.9 Å². The molecule has 0 aliphatic heterocycles. The predicted octanol–water partition coefficient (Wildman–Crippen LogP) is 0.236. The Morgan fingerprint density at radius 3 is 2.05 bits per heavy atom. The van der Waals surface area contributed by atoms with Gasteiger partial charge in [0.25, 0.3) is 0 Å². The summed E-state index contributed by atoms with van der Waals surface area (Å²) in [6.07, 6.45) is 0.352. The summed E-state index contributed by atoms with van der Waals surface area (Å²) in [5.74, 6) is -3.65. The number of aliphatic hydroxyl groups is 2. The van der Waals surface area contributed by atoms with Gasteiger partial charge in [-0.15, -0.1) is 0 Å². The van der Waals surface area contributed by atoms with Crippen LogP contribution in [0.3, 0.4) is 0 Å². The predicted molar refractivity (Wildman–Crippen MR) is 75.8 cm³/mol. The molecule has 5 N–H and O–H groups in total. The molecule has 2 unspecified atom stereocenters. The molecule has 2 atom stereocenters. The summed E-state index contributed by atoms with van der Waals surface area (Å²) in [5, 5.41) is 36.7. The lowest BCUT2D eigenvalue weighted by Gasteiger charge is -2.17. The number of carboxylic acid groups (broad SMARTS) is 2. The second-order valence-corrected chi connectivity index (χ2v) is 4.23. The number of nitrogens with one attached hydrogen (secondary N) is 1. The topological polar surface area (TPSA) is 127 Å². The number of hydrogen-bond acceptors (Lipinski definition) is 5. The molecule has 21 heavy (non-hydrogen) atoms. The summed E-state index contributed by atoms with van der Waals surface area (Å²) in [6, 6.07) is 9.59. The molecule has 1 aromatic carbocycles. The molecule has 0 saturated heterocycles. The van der Waals surface area contributed by atoms with Crippen LogP contribution in [0.5, 0.6) is 0 Å². The van der Waals surface area contributed by atoms with Gasteiger partial charge in [-0.05, 0) is 12.0 Å². The van der Waals surface area contributed by atoms with Crippen LogP contribution in [0.25, 0.3) is 0 Å². The molecule has 0 saturated carbocycles. The minimum atomic E-state index is -1.82. The van der Waals surface area contributed by atoms with Gasteiger partial charge in [-0.25, -0.2) is 9.59 Å². The summed E-state index contributed by atoms with van der Waals surface area (Å²) in [4.78, 5) is 18.2. The molecule has 7 nitrogen and oxygen atoms in total. The molecular weight excluding hydrogens is 278 g/mol. The third-order valence-corrected chi connectivity index (χ3v) is 2.68. The summed E-state index contributed by atoms with van der Waals surface area (Å²) in [6.45, 7) is 2.59. The van der Waals surface area contributed by atoms with Gasteiger partial charge in [0.05, 0.1) is 12.7 Å². The Morgan fingerprint density at radius 1 is 1.14 bits per heavy atom. The van der Waals surface area contributed by atoms with E-state index in [9.17, 15) is 5.11 Å². The molecule has 0 aliphatic rings. The lowest BCUT2D eigenvalue weighted by molar-refractivity contribution is -0.159. The van der Waals surface area contributed by atoms with Crippen LogP contribution in [-0.4, -0.2) is 51.6 Å². The molecular formula is C14H21NO6. The van der Waals surface area contributed by atoms with Crippen molar-refractivity contribution in [2.45, 2.75) is 25.5 Å². The molecule has 0 bridgehead atoms. The highest BCUT2D eigenvalue weighted by Crippen LogP contribution is 2.10. The molecule has 118 valence electrons. The maximum Gasteiger partial charge on any atom is 0.414 e. The second-order valence-electron chi connectivity index (χ2n) is 4.23. The van der Waals surface area contributed by atoms with Gasteiger partial charge in [-0.1, -0.05) is 37.3 Å². The van der Waals surface area contributed by atoms with Crippen LogP contribution in [0.15, 0.2) is 30.3 Å². The van der Waals surface area contributed by atoms with Gasteiger partial charge in [0.2, 0.25) is 0 Å². The third kappa shape index (κ3) is 8.74. The average Bonchev–Trinajstić information content (AvgIpc) is 2.49. The number of aliphatic carboxylic acids is 2. The lowest BCUT2D eigenvalue weighted by atomic mass is 10.1.